The SMILES string of the molecule is C[C@H](NC(=O)c1ccccc1NC(=O)Cc1csc(N2CCCC2=O)n1)c1ccccc1. The number of carbonyl (C=O) groups is 3. The Morgan fingerprint density at radius 1 is 1.12 bits per heavy atom. The van der Waals surface area contributed by atoms with E-state index < -0.39 is 0 Å². The highest BCUT2D eigenvalue weighted by atomic mass is 32.1. The molecule has 32 heavy (non-hydrogen) atoms. The van der Waals surface area contributed by atoms with E-state index in [1.165, 1.54) is 11.3 Å². The standard InChI is InChI=1S/C24H24N4O3S/c1-16(17-8-3-2-4-9-17)25-23(31)19-10-5-6-11-20(19)27-21(29)14-18-15-32-24(26-18)28-13-7-12-22(28)30/h2-6,8-11,15-16H,7,12-14H2,1H3,(H,25,31)(H,27,29)/t16-/m0/s1. The van der Waals surface area contributed by atoms with Gasteiger partial charge in [0.05, 0.1) is 29.4 Å². The Labute approximate surface area is 190 Å². The first-order valence-electron chi connectivity index (χ1n) is 10.5. The predicted molar refractivity (Wildman–Crippen MR) is 125 cm³/mol. The summed E-state index contributed by atoms with van der Waals surface area (Å²) >= 11 is 1.36. The van der Waals surface area contributed by atoms with Crippen LogP contribution in [0.4, 0.5) is 10.8 Å². The Bertz CT molecular complexity index is 1130. The Morgan fingerprint density at radius 3 is 2.62 bits per heavy atom. The van der Waals surface area contributed by atoms with Crippen molar-refractivity contribution in [3.63, 3.8) is 0 Å². The Morgan fingerprint density at radius 2 is 1.88 bits per heavy atom. The van der Waals surface area contributed by atoms with Gasteiger partial charge >= 0.3 is 0 Å². The van der Waals surface area contributed by atoms with E-state index in [4.69, 9.17) is 0 Å². The van der Waals surface area contributed by atoms with Crippen molar-refractivity contribution < 1.29 is 14.4 Å². The van der Waals surface area contributed by atoms with Crippen molar-refractivity contribution in [3.05, 3.63) is 76.8 Å². The summed E-state index contributed by atoms with van der Waals surface area (Å²) in [5.41, 5.74) is 2.44. The lowest BCUT2D eigenvalue weighted by molar-refractivity contribution is -0.117. The molecule has 0 radical (unpaired) electrons. The van der Waals surface area contributed by atoms with Gasteiger partial charge in [-0.1, -0.05) is 42.5 Å². The molecule has 8 heteroatoms. The van der Waals surface area contributed by atoms with E-state index in [0.29, 0.717) is 35.0 Å². The van der Waals surface area contributed by atoms with E-state index >= 15 is 0 Å². The van der Waals surface area contributed by atoms with E-state index in [9.17, 15) is 14.4 Å². The van der Waals surface area contributed by atoms with Crippen molar-refractivity contribution in [2.75, 3.05) is 16.8 Å². The van der Waals surface area contributed by atoms with Gasteiger partial charge < -0.3 is 10.6 Å². The van der Waals surface area contributed by atoms with E-state index in [1.54, 1.807) is 34.5 Å². The second-order valence-electron chi connectivity index (χ2n) is 7.65. The van der Waals surface area contributed by atoms with Gasteiger partial charge in [0.2, 0.25) is 11.8 Å². The Hall–Kier alpha value is -3.52. The maximum absolute atomic E-state index is 12.9. The average Bonchev–Trinajstić information content (AvgIpc) is 3.43. The average molecular weight is 449 g/mol. The van der Waals surface area contributed by atoms with E-state index in [1.807, 2.05) is 37.3 Å². The molecule has 1 fully saturated rings. The highest BCUT2D eigenvalue weighted by molar-refractivity contribution is 7.14. The fourth-order valence-electron chi connectivity index (χ4n) is 3.60. The van der Waals surface area contributed by atoms with Gasteiger partial charge in [-0.15, -0.1) is 11.3 Å². The quantitative estimate of drug-likeness (QED) is 0.573. The van der Waals surface area contributed by atoms with Crippen molar-refractivity contribution >= 4 is 39.9 Å². The highest BCUT2D eigenvalue weighted by Gasteiger charge is 2.24. The molecule has 1 aliphatic rings. The van der Waals surface area contributed by atoms with Gasteiger partial charge in [-0.2, -0.15) is 0 Å². The molecule has 7 nitrogen and oxygen atoms in total. The lowest BCUT2D eigenvalue weighted by Gasteiger charge is -2.16. The van der Waals surface area contributed by atoms with Crippen LogP contribution >= 0.6 is 11.3 Å². The molecule has 164 valence electrons. The van der Waals surface area contributed by atoms with Gasteiger partial charge in [-0.25, -0.2) is 4.98 Å². The van der Waals surface area contributed by atoms with Gasteiger partial charge in [0.15, 0.2) is 5.13 Å². The maximum Gasteiger partial charge on any atom is 0.253 e. The molecule has 3 amide bonds. The summed E-state index contributed by atoms with van der Waals surface area (Å²) in [7, 11) is 0. The molecule has 2 N–H and O–H groups in total. The zero-order valence-corrected chi connectivity index (χ0v) is 18.5. The predicted octanol–water partition coefficient (Wildman–Crippen LogP) is 3.94. The number of rotatable bonds is 7. The summed E-state index contributed by atoms with van der Waals surface area (Å²) in [6.45, 7) is 2.58. The lowest BCUT2D eigenvalue weighted by Crippen LogP contribution is -2.28. The molecular weight excluding hydrogens is 424 g/mol. The largest absolute Gasteiger partial charge is 0.345 e. The third-order valence-electron chi connectivity index (χ3n) is 5.28. The van der Waals surface area contributed by atoms with Crippen LogP contribution in [0.1, 0.15) is 47.4 Å². The highest BCUT2D eigenvalue weighted by Crippen LogP contribution is 2.26. The summed E-state index contributed by atoms with van der Waals surface area (Å²) in [6, 6.07) is 16.4. The van der Waals surface area contributed by atoms with Crippen molar-refractivity contribution in [2.45, 2.75) is 32.2 Å². The van der Waals surface area contributed by atoms with Gasteiger partial charge in [-0.3, -0.25) is 19.3 Å². The van der Waals surface area contributed by atoms with E-state index in [-0.39, 0.29) is 30.2 Å². The number of hydrogen-bond acceptors (Lipinski definition) is 5. The van der Waals surface area contributed by atoms with Crippen LogP contribution in [0.3, 0.4) is 0 Å². The summed E-state index contributed by atoms with van der Waals surface area (Å²) < 4.78 is 0. The fraction of sp³-hybridized carbons (Fsp3) is 0.250. The van der Waals surface area contributed by atoms with E-state index in [0.717, 1.165) is 12.0 Å². The number of thiazole rings is 1. The molecule has 0 saturated carbocycles. The molecule has 0 spiro atoms. The number of para-hydroxylation sites is 1. The molecular formula is C24H24N4O3S. The van der Waals surface area contributed by atoms with Crippen molar-refractivity contribution in [3.8, 4) is 0 Å². The third-order valence-corrected chi connectivity index (χ3v) is 6.19. The maximum atomic E-state index is 12.9. The minimum absolute atomic E-state index is 0.0644. The van der Waals surface area contributed by atoms with Crippen LogP contribution in [-0.4, -0.2) is 29.3 Å². The first-order valence-corrected chi connectivity index (χ1v) is 11.4. The zero-order valence-electron chi connectivity index (χ0n) is 17.7. The number of nitrogens with one attached hydrogen (secondary N) is 2. The second kappa shape index (κ2) is 9.74. The number of nitrogens with zero attached hydrogens (tertiary/aromatic N) is 2. The second-order valence-corrected chi connectivity index (χ2v) is 8.48. The normalized spacial score (nSPS) is 14.3. The number of benzene rings is 2. The van der Waals surface area contributed by atoms with Crippen LogP contribution in [-0.2, 0) is 16.0 Å². The molecule has 2 aromatic carbocycles. The van der Waals surface area contributed by atoms with Crippen LogP contribution in [0.15, 0.2) is 60.0 Å². The fourth-order valence-corrected chi connectivity index (χ4v) is 4.47. The Balaban J connectivity index is 1.40. The molecule has 0 unspecified atom stereocenters. The summed E-state index contributed by atoms with van der Waals surface area (Å²) in [6.07, 6.45) is 1.43. The van der Waals surface area contributed by atoms with Crippen molar-refractivity contribution in [2.24, 2.45) is 0 Å². The number of carbonyl (C=O) groups excluding carboxylic acids is 3. The van der Waals surface area contributed by atoms with Gasteiger partial charge in [0.1, 0.15) is 0 Å². The summed E-state index contributed by atoms with van der Waals surface area (Å²) in [4.78, 5) is 43.5. The molecule has 1 aliphatic heterocycles. The molecule has 1 aromatic heterocycles. The number of aromatic nitrogens is 1. The Kier molecular flexibility index (Phi) is 6.61. The van der Waals surface area contributed by atoms with Crippen LogP contribution in [0.5, 0.6) is 0 Å². The lowest BCUT2D eigenvalue weighted by atomic mass is 10.1. The van der Waals surface area contributed by atoms with Crippen molar-refractivity contribution in [1.82, 2.24) is 10.3 Å². The van der Waals surface area contributed by atoms with E-state index in [2.05, 4.69) is 15.6 Å². The minimum atomic E-state index is -0.272. The zero-order chi connectivity index (χ0) is 22.5. The molecule has 0 aliphatic carbocycles. The number of amides is 3. The van der Waals surface area contributed by atoms with Crippen LogP contribution in [0.25, 0.3) is 0 Å². The van der Waals surface area contributed by atoms with Gasteiger partial charge in [0.25, 0.3) is 5.91 Å². The van der Waals surface area contributed by atoms with Gasteiger partial charge in [-0.05, 0) is 31.0 Å². The van der Waals surface area contributed by atoms with Crippen LogP contribution in [0.2, 0.25) is 0 Å². The molecule has 1 saturated heterocycles. The molecule has 4 rings (SSSR count). The smallest absolute Gasteiger partial charge is 0.253 e. The van der Waals surface area contributed by atoms with Crippen LogP contribution < -0.4 is 15.5 Å². The number of hydrogen-bond donors (Lipinski definition) is 2. The third kappa shape index (κ3) is 5.03. The summed E-state index contributed by atoms with van der Waals surface area (Å²) in [5, 5.41) is 8.22. The monoisotopic (exact) mass is 448 g/mol. The summed E-state index contributed by atoms with van der Waals surface area (Å²) in [5.74, 6) is -0.466. The van der Waals surface area contributed by atoms with Gasteiger partial charge in [0, 0.05) is 18.3 Å². The topological polar surface area (TPSA) is 91.4 Å². The molecule has 1 atom stereocenters. The molecule has 3 aromatic rings. The van der Waals surface area contributed by atoms with Crippen LogP contribution in [0, 0.1) is 0 Å². The molecule has 2 heterocycles. The first kappa shape index (κ1) is 21.7. The number of anilines is 2. The minimum Gasteiger partial charge on any atom is -0.345 e. The van der Waals surface area contributed by atoms with Crippen molar-refractivity contribution in [1.29, 1.82) is 0 Å². The molecule has 0 bridgehead atoms. The first-order chi connectivity index (χ1) is 15.5.